The Balaban J connectivity index is 0. The van der Waals surface area contributed by atoms with E-state index in [1.165, 1.54) is 103 Å². The van der Waals surface area contributed by atoms with Crippen molar-refractivity contribution in [2.75, 3.05) is 11.5 Å². The van der Waals surface area contributed by atoms with Crippen LogP contribution in [0.4, 0.5) is 0 Å². The molecule has 0 saturated heterocycles. The first-order valence-electron chi connectivity index (χ1n) is 12.3. The molecule has 0 heterocycles. The molecule has 0 fully saturated rings. The molecule has 0 aromatic carbocycles. The minimum absolute atomic E-state index is 0. The molecule has 0 aliphatic rings. The van der Waals surface area contributed by atoms with Crippen LogP contribution in [0.1, 0.15) is 142 Å². The van der Waals surface area contributed by atoms with E-state index in [1.807, 2.05) is 0 Å². The summed E-state index contributed by atoms with van der Waals surface area (Å²) in [5.41, 5.74) is 0. The van der Waals surface area contributed by atoms with Crippen molar-refractivity contribution in [3.05, 3.63) is 0 Å². The van der Waals surface area contributed by atoms with Gasteiger partial charge in [0.25, 0.3) is 0 Å². The molecular weight excluding hydrogens is 391 g/mol. The van der Waals surface area contributed by atoms with E-state index in [0.717, 1.165) is 25.7 Å². The zero-order chi connectivity index (χ0) is 20.1. The predicted molar refractivity (Wildman–Crippen MR) is 128 cm³/mol. The monoisotopic (exact) mass is 441 g/mol. The number of hydrogen-bond donors (Lipinski definition) is 0. The van der Waals surface area contributed by atoms with Gasteiger partial charge in [-0.05, 0) is 12.8 Å². The first-order chi connectivity index (χ1) is 13.1. The molecule has 28 heavy (non-hydrogen) atoms. The number of rotatable bonds is 22. The fourth-order valence-corrected chi connectivity index (χ4v) is 5.21. The van der Waals surface area contributed by atoms with Crippen LogP contribution in [0.2, 0.25) is 0 Å². The van der Waals surface area contributed by atoms with Gasteiger partial charge in [0.05, 0.1) is 11.5 Å². The molecule has 2 nitrogen and oxygen atoms in total. The fraction of sp³-hybridized carbons (Fsp3) is 1.00. The van der Waals surface area contributed by atoms with Gasteiger partial charge in [-0.2, -0.15) is 0 Å². The molecule has 0 aliphatic heterocycles. The summed E-state index contributed by atoms with van der Waals surface area (Å²) in [6.45, 7) is 4.51. The molecule has 0 unspecified atom stereocenters. The Bertz CT molecular complexity index is 352. The smallest absolute Gasteiger partial charge is 0.150 e. The van der Waals surface area contributed by atoms with Crippen LogP contribution in [-0.4, -0.2) is 71.3 Å². The molecule has 0 bridgehead atoms. The summed E-state index contributed by atoms with van der Waals surface area (Å²) in [7, 11) is -2.80. The van der Waals surface area contributed by atoms with E-state index in [2.05, 4.69) is 13.8 Å². The number of sulfone groups is 1. The van der Waals surface area contributed by atoms with Gasteiger partial charge in [0.2, 0.25) is 0 Å². The van der Waals surface area contributed by atoms with Crippen molar-refractivity contribution in [3.63, 3.8) is 0 Å². The van der Waals surface area contributed by atoms with Crippen LogP contribution < -0.4 is 0 Å². The van der Waals surface area contributed by atoms with Crippen molar-refractivity contribution in [2.24, 2.45) is 0 Å². The molecule has 0 aromatic heterocycles. The van der Waals surface area contributed by atoms with Crippen LogP contribution in [0.5, 0.6) is 0 Å². The number of unbranched alkanes of at least 4 members (excludes halogenated alkanes) is 18. The van der Waals surface area contributed by atoms with Gasteiger partial charge in [-0.3, -0.25) is 0 Å². The summed E-state index contributed by atoms with van der Waals surface area (Å²) in [4.78, 5) is 0. The van der Waals surface area contributed by atoms with Crippen LogP contribution in [0, 0.1) is 0 Å². The van der Waals surface area contributed by atoms with Gasteiger partial charge < -0.3 is 0 Å². The average Bonchev–Trinajstić information content (AvgIpc) is 2.64. The van der Waals surface area contributed by atoms with Gasteiger partial charge in [0.1, 0.15) is 9.84 Å². The van der Waals surface area contributed by atoms with Crippen LogP contribution in [0.3, 0.4) is 0 Å². The maximum atomic E-state index is 12.1. The fourth-order valence-electron chi connectivity index (χ4n) is 3.72. The Hall–Kier alpha value is 1.59. The average molecular weight is 442 g/mol. The normalized spacial score (nSPS) is 11.5. The predicted octanol–water partition coefficient (Wildman–Crippen LogP) is 7.86. The minimum Gasteiger partial charge on any atom is -0.229 e. The molecule has 0 atom stereocenters. The molecule has 0 rings (SSSR count). The summed E-state index contributed by atoms with van der Waals surface area (Å²) in [5.74, 6) is 0.835. The van der Waals surface area contributed by atoms with E-state index >= 15 is 0 Å². The molecule has 0 amide bonds. The van der Waals surface area contributed by atoms with Gasteiger partial charge in [0.15, 0.2) is 0 Å². The van der Waals surface area contributed by atoms with Gasteiger partial charge in [-0.1, -0.05) is 129 Å². The van der Waals surface area contributed by atoms with Crippen molar-refractivity contribution in [3.8, 4) is 0 Å². The van der Waals surface area contributed by atoms with Crippen molar-refractivity contribution in [1.82, 2.24) is 0 Å². The molecule has 0 saturated carbocycles. The number of hydrogen-bond acceptors (Lipinski definition) is 2. The maximum Gasteiger partial charge on any atom is 0.150 e. The van der Waals surface area contributed by atoms with Crippen molar-refractivity contribution in [2.45, 2.75) is 142 Å². The Morgan fingerprint density at radius 1 is 0.393 bits per heavy atom. The standard InChI is InChI=1S/C24H50O2S.K/c1-3-5-7-9-11-13-15-17-19-21-23-27(25,26)24-22-20-18-16-14-12-10-8-6-4-2;/h3-24H2,1-2H3;. The first kappa shape index (κ1) is 31.8. The van der Waals surface area contributed by atoms with Crippen molar-refractivity contribution < 1.29 is 8.42 Å². The van der Waals surface area contributed by atoms with Crippen molar-refractivity contribution in [1.29, 1.82) is 0 Å². The van der Waals surface area contributed by atoms with Gasteiger partial charge in [-0.15, -0.1) is 0 Å². The van der Waals surface area contributed by atoms with E-state index in [9.17, 15) is 8.42 Å². The molecule has 0 aliphatic carbocycles. The molecular formula is C24H50KO2S. The van der Waals surface area contributed by atoms with Gasteiger partial charge >= 0.3 is 0 Å². The SMILES string of the molecule is CCCCCCCCCCCCS(=O)(=O)CCCCCCCCCCCC.[K]. The Morgan fingerprint density at radius 3 is 0.857 bits per heavy atom. The molecule has 1 radical (unpaired) electrons. The quantitative estimate of drug-likeness (QED) is 0.126. The molecule has 165 valence electrons. The first-order valence-corrected chi connectivity index (χ1v) is 14.1. The van der Waals surface area contributed by atoms with E-state index in [4.69, 9.17) is 0 Å². The van der Waals surface area contributed by atoms with E-state index in [0.29, 0.717) is 11.5 Å². The zero-order valence-corrected chi connectivity index (χ0v) is 23.7. The zero-order valence-electron chi connectivity index (χ0n) is 19.8. The second-order valence-corrected chi connectivity index (χ2v) is 10.8. The molecule has 0 aromatic rings. The van der Waals surface area contributed by atoms with Gasteiger partial charge in [-0.25, -0.2) is 8.42 Å². The van der Waals surface area contributed by atoms with E-state index in [1.54, 1.807) is 0 Å². The topological polar surface area (TPSA) is 34.1 Å². The molecule has 0 N–H and O–H groups in total. The third kappa shape index (κ3) is 25.6. The Labute approximate surface area is 221 Å². The summed E-state index contributed by atoms with van der Waals surface area (Å²) in [6, 6.07) is 0. The third-order valence-electron chi connectivity index (χ3n) is 5.62. The Morgan fingerprint density at radius 2 is 0.607 bits per heavy atom. The van der Waals surface area contributed by atoms with E-state index in [-0.39, 0.29) is 51.4 Å². The summed E-state index contributed by atoms with van der Waals surface area (Å²) < 4.78 is 24.2. The van der Waals surface area contributed by atoms with E-state index < -0.39 is 9.84 Å². The summed E-state index contributed by atoms with van der Waals surface area (Å²) in [6.07, 6.45) is 25.2. The van der Waals surface area contributed by atoms with Crippen LogP contribution in [0.15, 0.2) is 0 Å². The van der Waals surface area contributed by atoms with Crippen LogP contribution >= 0.6 is 0 Å². The van der Waals surface area contributed by atoms with Crippen molar-refractivity contribution >= 4 is 61.2 Å². The van der Waals surface area contributed by atoms with Crippen LogP contribution in [-0.2, 0) is 9.84 Å². The molecule has 0 spiro atoms. The Kier molecular flexibility index (Phi) is 28.2. The third-order valence-corrected chi connectivity index (χ3v) is 7.44. The minimum atomic E-state index is -2.80. The maximum absolute atomic E-state index is 12.1. The van der Waals surface area contributed by atoms with Gasteiger partial charge in [0, 0.05) is 51.4 Å². The second-order valence-electron chi connectivity index (χ2n) is 8.52. The summed E-state index contributed by atoms with van der Waals surface area (Å²) in [5, 5.41) is 0. The largest absolute Gasteiger partial charge is 0.229 e. The molecule has 4 heteroatoms. The van der Waals surface area contributed by atoms with Crippen LogP contribution in [0.25, 0.3) is 0 Å². The second kappa shape index (κ2) is 24.9. The summed E-state index contributed by atoms with van der Waals surface area (Å²) >= 11 is 0.